The fraction of sp³-hybridized carbons (Fsp3) is 0.548. The Hall–Kier alpha value is -4.13. The highest BCUT2D eigenvalue weighted by Gasteiger charge is 2.48. The maximum absolute atomic E-state index is 13.7. The van der Waals surface area contributed by atoms with Crippen LogP contribution in [0.4, 0.5) is 13.2 Å². The van der Waals surface area contributed by atoms with Crippen molar-refractivity contribution < 1.29 is 23.0 Å². The molecule has 1 saturated carbocycles. The molecule has 15 heteroatoms. The van der Waals surface area contributed by atoms with Gasteiger partial charge in [-0.05, 0) is 51.1 Å². The summed E-state index contributed by atoms with van der Waals surface area (Å²) in [5.41, 5.74) is 2.18. The number of likely N-dealkylation sites (tertiary alicyclic amines) is 2. The predicted molar refractivity (Wildman–Crippen MR) is 159 cm³/mol. The summed E-state index contributed by atoms with van der Waals surface area (Å²) in [6.07, 6.45) is 7.12. The van der Waals surface area contributed by atoms with Gasteiger partial charge in [0.2, 0.25) is 11.7 Å². The van der Waals surface area contributed by atoms with Crippen LogP contribution in [0.5, 0.6) is 5.88 Å². The summed E-state index contributed by atoms with van der Waals surface area (Å²) in [5.74, 6) is -1.27. The van der Waals surface area contributed by atoms with Gasteiger partial charge in [0.15, 0.2) is 0 Å². The highest BCUT2D eigenvalue weighted by atomic mass is 19.4. The number of fused-ring (bicyclic) bond motifs is 1. The third kappa shape index (κ3) is 5.92. The summed E-state index contributed by atoms with van der Waals surface area (Å²) < 4.78 is 49.0. The van der Waals surface area contributed by atoms with Gasteiger partial charge in [0.25, 0.3) is 0 Å². The number of nitrogens with zero attached hydrogens (tertiary/aromatic N) is 9. The van der Waals surface area contributed by atoms with Crippen LogP contribution in [0.1, 0.15) is 56.5 Å². The predicted octanol–water partition coefficient (Wildman–Crippen LogP) is 3.90. The SMILES string of the molecule is N#CCC1(n2cc(-c3ncnc4[nH]ccc34)cn2)CN(C2CCC(Oc3cc(CN4CCC[C@H]4CO)nc(C(F)(F)F)n3)CC2)C1. The molecule has 0 aromatic carbocycles. The van der Waals surface area contributed by atoms with Gasteiger partial charge in [0.1, 0.15) is 23.6 Å². The summed E-state index contributed by atoms with van der Waals surface area (Å²) >= 11 is 0. The second kappa shape index (κ2) is 12.2. The molecule has 46 heavy (non-hydrogen) atoms. The molecule has 0 radical (unpaired) electrons. The van der Waals surface area contributed by atoms with Crippen molar-refractivity contribution in [3.8, 4) is 23.2 Å². The van der Waals surface area contributed by atoms with Gasteiger partial charge in [-0.15, -0.1) is 0 Å². The minimum Gasteiger partial charge on any atom is -0.474 e. The number of ether oxygens (including phenoxy) is 1. The van der Waals surface area contributed by atoms with Crippen molar-refractivity contribution >= 4 is 11.0 Å². The number of hydrogen-bond acceptors (Lipinski definition) is 10. The molecule has 4 aromatic rings. The smallest absolute Gasteiger partial charge is 0.451 e. The summed E-state index contributed by atoms with van der Waals surface area (Å²) in [7, 11) is 0. The number of aliphatic hydroxyl groups is 1. The summed E-state index contributed by atoms with van der Waals surface area (Å²) in [4.78, 5) is 23.6. The van der Waals surface area contributed by atoms with Crippen molar-refractivity contribution in [2.75, 3.05) is 26.2 Å². The van der Waals surface area contributed by atoms with Gasteiger partial charge in [0.05, 0.1) is 36.7 Å². The average Bonchev–Trinajstić information content (AvgIpc) is 3.80. The van der Waals surface area contributed by atoms with Gasteiger partial charge >= 0.3 is 6.18 Å². The second-order valence-electron chi connectivity index (χ2n) is 12.6. The number of nitrogens with one attached hydrogen (secondary N) is 1. The summed E-state index contributed by atoms with van der Waals surface area (Å²) in [6, 6.07) is 5.97. The Morgan fingerprint density at radius 2 is 1.96 bits per heavy atom. The van der Waals surface area contributed by atoms with Gasteiger partial charge in [-0.1, -0.05) is 0 Å². The minimum absolute atomic E-state index is 0.0398. The van der Waals surface area contributed by atoms with Crippen LogP contribution in [0, 0.1) is 11.3 Å². The zero-order chi connectivity index (χ0) is 31.9. The van der Waals surface area contributed by atoms with E-state index < -0.39 is 17.5 Å². The van der Waals surface area contributed by atoms with E-state index >= 15 is 0 Å². The number of halogens is 3. The van der Waals surface area contributed by atoms with E-state index in [0.29, 0.717) is 38.9 Å². The molecule has 0 bridgehead atoms. The molecular formula is C31H35F3N10O2. The van der Waals surface area contributed by atoms with Crippen molar-refractivity contribution in [3.63, 3.8) is 0 Å². The molecule has 0 amide bonds. The molecule has 1 atom stereocenters. The second-order valence-corrected chi connectivity index (χ2v) is 12.6. The maximum Gasteiger partial charge on any atom is 0.451 e. The monoisotopic (exact) mass is 636 g/mol. The molecular weight excluding hydrogens is 601 g/mol. The molecule has 2 aliphatic heterocycles. The number of H-pyrrole nitrogens is 1. The van der Waals surface area contributed by atoms with E-state index in [0.717, 1.165) is 48.0 Å². The first-order valence-corrected chi connectivity index (χ1v) is 15.7. The molecule has 3 fully saturated rings. The van der Waals surface area contributed by atoms with E-state index in [1.54, 1.807) is 6.20 Å². The van der Waals surface area contributed by atoms with Crippen molar-refractivity contribution in [1.29, 1.82) is 5.26 Å². The Kier molecular flexibility index (Phi) is 8.12. The number of nitriles is 1. The standard InChI is InChI=1S/C31H35F3N10O2/c32-31(33,34)29-40-21(15-42-11-1-2-23(42)16-45)12-26(41-29)46-24-5-3-22(4-6-24)43-17-30(18-43,8-9-35)44-14-20(13-39-44)27-25-7-10-36-28(25)38-19-37-27/h7,10,12-14,19,22-24,45H,1-6,8,11,15-18H2,(H,36,37,38)/t22?,23-,24?/m0/s1. The first-order chi connectivity index (χ1) is 22.2. The zero-order valence-electron chi connectivity index (χ0n) is 25.2. The van der Waals surface area contributed by atoms with Crippen LogP contribution in [0.3, 0.4) is 0 Å². The number of aliphatic hydroxyl groups excluding tert-OH is 1. The number of rotatable bonds is 9. The van der Waals surface area contributed by atoms with E-state index in [9.17, 15) is 23.5 Å². The van der Waals surface area contributed by atoms with Gasteiger partial charge in [-0.2, -0.15) is 28.5 Å². The maximum atomic E-state index is 13.7. The van der Waals surface area contributed by atoms with E-state index in [4.69, 9.17) is 4.74 Å². The fourth-order valence-electron chi connectivity index (χ4n) is 7.22. The average molecular weight is 637 g/mol. The van der Waals surface area contributed by atoms with Gasteiger partial charge in [0, 0.05) is 61.1 Å². The number of alkyl halides is 3. The van der Waals surface area contributed by atoms with E-state index in [1.165, 1.54) is 12.4 Å². The molecule has 6 heterocycles. The molecule has 4 aromatic heterocycles. The molecule has 3 aliphatic rings. The fourth-order valence-corrected chi connectivity index (χ4v) is 7.22. The Balaban J connectivity index is 0.984. The van der Waals surface area contributed by atoms with Gasteiger partial charge in [-0.25, -0.2) is 15.0 Å². The summed E-state index contributed by atoms with van der Waals surface area (Å²) in [6.45, 7) is 2.21. The third-order valence-electron chi connectivity index (χ3n) is 9.63. The molecule has 12 nitrogen and oxygen atoms in total. The highest BCUT2D eigenvalue weighted by Crippen LogP contribution is 2.39. The Labute approximate surface area is 263 Å². The highest BCUT2D eigenvalue weighted by molar-refractivity contribution is 5.90. The molecule has 7 rings (SSSR count). The normalized spacial score (nSPS) is 23.8. The molecule has 242 valence electrons. The third-order valence-corrected chi connectivity index (χ3v) is 9.63. The topological polar surface area (TPSA) is 145 Å². The quantitative estimate of drug-likeness (QED) is 0.278. The Morgan fingerprint density at radius 1 is 1.13 bits per heavy atom. The van der Waals surface area contributed by atoms with E-state index in [1.807, 2.05) is 28.0 Å². The largest absolute Gasteiger partial charge is 0.474 e. The van der Waals surface area contributed by atoms with E-state index in [2.05, 4.69) is 41.0 Å². The molecule has 2 N–H and O–H groups in total. The van der Waals surface area contributed by atoms with Gasteiger partial charge < -0.3 is 14.8 Å². The lowest BCUT2D eigenvalue weighted by Crippen LogP contribution is -2.65. The molecule has 1 aliphatic carbocycles. The van der Waals surface area contributed by atoms with Crippen LogP contribution in [-0.2, 0) is 18.3 Å². The van der Waals surface area contributed by atoms with Crippen molar-refractivity contribution in [1.82, 2.24) is 44.5 Å². The van der Waals surface area contributed by atoms with Crippen LogP contribution < -0.4 is 4.74 Å². The van der Waals surface area contributed by atoms with E-state index in [-0.39, 0.29) is 42.9 Å². The lowest BCUT2D eigenvalue weighted by Gasteiger charge is -2.53. The first kappa shape index (κ1) is 30.5. The number of aromatic nitrogens is 7. The van der Waals surface area contributed by atoms with Gasteiger partial charge in [-0.3, -0.25) is 14.5 Å². The molecule has 0 unspecified atom stereocenters. The van der Waals surface area contributed by atoms with Crippen LogP contribution in [-0.4, -0.2) is 94.0 Å². The Morgan fingerprint density at radius 3 is 2.72 bits per heavy atom. The van der Waals surface area contributed by atoms with Crippen LogP contribution in [0.2, 0.25) is 0 Å². The minimum atomic E-state index is -4.70. The lowest BCUT2D eigenvalue weighted by atomic mass is 9.82. The van der Waals surface area contributed by atoms with Crippen LogP contribution in [0.25, 0.3) is 22.3 Å². The van der Waals surface area contributed by atoms with Crippen molar-refractivity contribution in [2.45, 2.75) is 81.4 Å². The number of hydrogen-bond donors (Lipinski definition) is 2. The zero-order valence-corrected chi connectivity index (χ0v) is 25.2. The first-order valence-electron chi connectivity index (χ1n) is 15.7. The lowest BCUT2D eigenvalue weighted by molar-refractivity contribution is -0.145. The van der Waals surface area contributed by atoms with Crippen molar-refractivity contribution in [2.24, 2.45) is 0 Å². The number of aromatic amines is 1. The van der Waals surface area contributed by atoms with Crippen LogP contribution >= 0.6 is 0 Å². The molecule has 2 saturated heterocycles. The van der Waals surface area contributed by atoms with Crippen molar-refractivity contribution in [3.05, 3.63) is 48.6 Å². The van der Waals surface area contributed by atoms with Crippen LogP contribution in [0.15, 0.2) is 37.1 Å². The summed E-state index contributed by atoms with van der Waals surface area (Å²) in [5, 5.41) is 24.9. The Bertz CT molecular complexity index is 1720. The molecule has 0 spiro atoms.